The first-order valence-corrected chi connectivity index (χ1v) is 6.75. The molecule has 0 radical (unpaired) electrons. The number of carbonyl (C=O) groups is 1. The minimum atomic E-state index is 0.0197. The van der Waals surface area contributed by atoms with E-state index in [1.807, 2.05) is 4.90 Å². The van der Waals surface area contributed by atoms with E-state index in [1.165, 1.54) is 0 Å². The van der Waals surface area contributed by atoms with E-state index in [0.717, 1.165) is 30.4 Å². The molecule has 3 nitrogen and oxygen atoms in total. The largest absolute Gasteiger partial charge is 0.338 e. The Bertz CT molecular complexity index is 431. The average Bonchev–Trinajstić information content (AvgIpc) is 2.32. The van der Waals surface area contributed by atoms with Crippen LogP contribution in [0.1, 0.15) is 23.2 Å². The Labute approximate surface area is 114 Å². The van der Waals surface area contributed by atoms with Crippen LogP contribution in [0.25, 0.3) is 0 Å². The second kappa shape index (κ2) is 5.38. The third kappa shape index (κ3) is 3.00. The van der Waals surface area contributed by atoms with Gasteiger partial charge in [0.05, 0.1) is 5.56 Å². The summed E-state index contributed by atoms with van der Waals surface area (Å²) >= 11 is 9.29. The molecule has 0 bridgehead atoms. The fourth-order valence-corrected chi connectivity index (χ4v) is 2.52. The minimum Gasteiger partial charge on any atom is -0.338 e. The van der Waals surface area contributed by atoms with Gasteiger partial charge in [-0.2, -0.15) is 0 Å². The van der Waals surface area contributed by atoms with Crippen molar-refractivity contribution in [1.82, 2.24) is 4.90 Å². The fraction of sp³-hybridized carbons (Fsp3) is 0.417. The summed E-state index contributed by atoms with van der Waals surface area (Å²) in [5, 5.41) is 0.574. The Balaban J connectivity index is 2.16. The molecule has 1 aliphatic heterocycles. The highest BCUT2D eigenvalue weighted by Gasteiger charge is 2.23. The van der Waals surface area contributed by atoms with Crippen LogP contribution >= 0.6 is 27.5 Å². The summed E-state index contributed by atoms with van der Waals surface area (Å²) in [4.78, 5) is 14.1. The number of halogens is 2. The van der Waals surface area contributed by atoms with Crippen molar-refractivity contribution < 1.29 is 4.79 Å². The molecule has 1 fully saturated rings. The third-order valence-electron chi connectivity index (χ3n) is 2.99. The maximum atomic E-state index is 12.3. The van der Waals surface area contributed by atoms with Crippen LogP contribution in [0.2, 0.25) is 5.02 Å². The minimum absolute atomic E-state index is 0.0197. The standard InChI is InChI=1S/C12H14BrClN2O/c13-11-2-1-8(14)7-10(11)12(17)16-5-3-9(15)4-6-16/h1-2,7,9H,3-6,15H2. The zero-order chi connectivity index (χ0) is 12.4. The number of piperidine rings is 1. The van der Waals surface area contributed by atoms with Crippen LogP contribution in [0.5, 0.6) is 0 Å². The predicted octanol–water partition coefficient (Wildman–Crippen LogP) is 2.67. The van der Waals surface area contributed by atoms with Gasteiger partial charge < -0.3 is 10.6 Å². The molecular formula is C12H14BrClN2O. The molecule has 1 amide bonds. The first-order chi connectivity index (χ1) is 8.08. The fourth-order valence-electron chi connectivity index (χ4n) is 1.93. The van der Waals surface area contributed by atoms with Crippen molar-refractivity contribution in [2.75, 3.05) is 13.1 Å². The molecule has 0 atom stereocenters. The number of carbonyl (C=O) groups excluding carboxylic acids is 1. The van der Waals surface area contributed by atoms with Gasteiger partial charge in [0.15, 0.2) is 0 Å². The van der Waals surface area contributed by atoms with E-state index in [2.05, 4.69) is 15.9 Å². The number of hydrogen-bond donors (Lipinski definition) is 1. The molecule has 0 spiro atoms. The first kappa shape index (κ1) is 12.9. The summed E-state index contributed by atoms with van der Waals surface area (Å²) in [6, 6.07) is 5.48. The summed E-state index contributed by atoms with van der Waals surface area (Å²) in [6.45, 7) is 1.44. The molecule has 0 aromatic heterocycles. The van der Waals surface area contributed by atoms with Crippen molar-refractivity contribution in [3.63, 3.8) is 0 Å². The normalized spacial score (nSPS) is 17.2. The Morgan fingerprint density at radius 3 is 2.71 bits per heavy atom. The number of rotatable bonds is 1. The van der Waals surface area contributed by atoms with E-state index in [0.29, 0.717) is 10.6 Å². The highest BCUT2D eigenvalue weighted by Crippen LogP contribution is 2.23. The van der Waals surface area contributed by atoms with Crippen LogP contribution in [0.4, 0.5) is 0 Å². The summed E-state index contributed by atoms with van der Waals surface area (Å²) in [7, 11) is 0. The summed E-state index contributed by atoms with van der Waals surface area (Å²) in [6.07, 6.45) is 1.73. The first-order valence-electron chi connectivity index (χ1n) is 5.58. The van der Waals surface area contributed by atoms with Crippen molar-refractivity contribution in [3.8, 4) is 0 Å². The molecule has 92 valence electrons. The molecule has 5 heteroatoms. The lowest BCUT2D eigenvalue weighted by Crippen LogP contribution is -2.42. The van der Waals surface area contributed by atoms with E-state index in [9.17, 15) is 4.79 Å². The van der Waals surface area contributed by atoms with Crippen molar-refractivity contribution in [3.05, 3.63) is 33.3 Å². The van der Waals surface area contributed by atoms with Gasteiger partial charge in [-0.05, 0) is 47.0 Å². The van der Waals surface area contributed by atoms with E-state index in [-0.39, 0.29) is 11.9 Å². The molecule has 1 aliphatic rings. The zero-order valence-electron chi connectivity index (χ0n) is 9.33. The Morgan fingerprint density at radius 2 is 2.06 bits per heavy atom. The van der Waals surface area contributed by atoms with E-state index in [4.69, 9.17) is 17.3 Å². The van der Waals surface area contributed by atoms with Crippen molar-refractivity contribution in [1.29, 1.82) is 0 Å². The molecule has 1 aromatic rings. The van der Waals surface area contributed by atoms with Crippen LogP contribution < -0.4 is 5.73 Å². The summed E-state index contributed by atoms with van der Waals surface area (Å²) in [5.74, 6) is 0.0197. The van der Waals surface area contributed by atoms with Gasteiger partial charge >= 0.3 is 0 Å². The SMILES string of the molecule is NC1CCN(C(=O)c2cc(Cl)ccc2Br)CC1. The number of hydrogen-bond acceptors (Lipinski definition) is 2. The van der Waals surface area contributed by atoms with Crippen molar-refractivity contribution in [2.45, 2.75) is 18.9 Å². The Kier molecular flexibility index (Phi) is 4.07. The van der Waals surface area contributed by atoms with E-state index >= 15 is 0 Å². The molecule has 1 saturated heterocycles. The molecule has 1 heterocycles. The molecule has 0 unspecified atom stereocenters. The van der Waals surface area contributed by atoms with E-state index in [1.54, 1.807) is 18.2 Å². The van der Waals surface area contributed by atoms with Gasteiger partial charge in [0.25, 0.3) is 5.91 Å². The van der Waals surface area contributed by atoms with Crippen LogP contribution in [0, 0.1) is 0 Å². The number of likely N-dealkylation sites (tertiary alicyclic amines) is 1. The van der Waals surface area contributed by atoms with Gasteiger partial charge in [0.2, 0.25) is 0 Å². The summed E-state index contributed by atoms with van der Waals surface area (Å²) in [5.41, 5.74) is 6.44. The molecule has 1 aromatic carbocycles. The van der Waals surface area contributed by atoms with Crippen LogP contribution in [-0.2, 0) is 0 Å². The number of nitrogens with two attached hydrogens (primary N) is 1. The smallest absolute Gasteiger partial charge is 0.255 e. The quantitative estimate of drug-likeness (QED) is 0.865. The highest BCUT2D eigenvalue weighted by atomic mass is 79.9. The zero-order valence-corrected chi connectivity index (χ0v) is 11.7. The van der Waals surface area contributed by atoms with Gasteiger partial charge in [0, 0.05) is 28.6 Å². The predicted molar refractivity (Wildman–Crippen MR) is 72.3 cm³/mol. The molecule has 17 heavy (non-hydrogen) atoms. The number of amides is 1. The van der Waals surface area contributed by atoms with Crippen molar-refractivity contribution >= 4 is 33.4 Å². The maximum Gasteiger partial charge on any atom is 0.255 e. The second-order valence-electron chi connectivity index (χ2n) is 4.25. The Hall–Kier alpha value is -0.580. The van der Waals surface area contributed by atoms with Crippen LogP contribution in [0.3, 0.4) is 0 Å². The number of benzene rings is 1. The summed E-state index contributed by atoms with van der Waals surface area (Å²) < 4.78 is 0.779. The average molecular weight is 318 g/mol. The molecular weight excluding hydrogens is 304 g/mol. The lowest BCUT2D eigenvalue weighted by molar-refractivity contribution is 0.0714. The molecule has 0 aliphatic carbocycles. The lowest BCUT2D eigenvalue weighted by Gasteiger charge is -2.30. The Morgan fingerprint density at radius 1 is 1.41 bits per heavy atom. The second-order valence-corrected chi connectivity index (χ2v) is 5.54. The van der Waals surface area contributed by atoms with Gasteiger partial charge in [-0.25, -0.2) is 0 Å². The molecule has 2 N–H and O–H groups in total. The van der Waals surface area contributed by atoms with E-state index < -0.39 is 0 Å². The van der Waals surface area contributed by atoms with Gasteiger partial charge in [-0.3, -0.25) is 4.79 Å². The van der Waals surface area contributed by atoms with Gasteiger partial charge in [0.1, 0.15) is 0 Å². The van der Waals surface area contributed by atoms with Crippen LogP contribution in [-0.4, -0.2) is 29.9 Å². The highest BCUT2D eigenvalue weighted by molar-refractivity contribution is 9.10. The van der Waals surface area contributed by atoms with Gasteiger partial charge in [-0.1, -0.05) is 11.6 Å². The third-order valence-corrected chi connectivity index (χ3v) is 3.91. The molecule has 0 saturated carbocycles. The van der Waals surface area contributed by atoms with Gasteiger partial charge in [-0.15, -0.1) is 0 Å². The number of nitrogens with zero attached hydrogens (tertiary/aromatic N) is 1. The molecule has 2 rings (SSSR count). The van der Waals surface area contributed by atoms with Crippen molar-refractivity contribution in [2.24, 2.45) is 5.73 Å². The monoisotopic (exact) mass is 316 g/mol. The maximum absolute atomic E-state index is 12.3. The lowest BCUT2D eigenvalue weighted by atomic mass is 10.0. The topological polar surface area (TPSA) is 46.3 Å². The van der Waals surface area contributed by atoms with Crippen LogP contribution in [0.15, 0.2) is 22.7 Å².